The highest BCUT2D eigenvalue weighted by Gasteiger charge is 2.55. The number of benzene rings is 4. The van der Waals surface area contributed by atoms with Crippen molar-refractivity contribution in [3.63, 3.8) is 0 Å². The normalized spacial score (nSPS) is 22.1. The summed E-state index contributed by atoms with van der Waals surface area (Å²) in [7, 11) is -2.94. The van der Waals surface area contributed by atoms with E-state index in [0.29, 0.717) is 43.6 Å². The summed E-state index contributed by atoms with van der Waals surface area (Å²) in [5.74, 6) is 0.733. The number of methoxy groups -OCH3 is 1. The van der Waals surface area contributed by atoms with E-state index in [1.54, 1.807) is 26.2 Å². The minimum absolute atomic E-state index is 0.0133. The number of hydrogen-bond acceptors (Lipinski definition) is 14. The number of hydrogen-bond donors (Lipinski definition) is 4. The topological polar surface area (TPSA) is 205 Å². The average Bonchev–Trinajstić information content (AvgIpc) is 3.95. The number of piperazine rings is 1. The van der Waals surface area contributed by atoms with Crippen molar-refractivity contribution >= 4 is 44.0 Å². The van der Waals surface area contributed by atoms with Gasteiger partial charge in [0.15, 0.2) is 11.5 Å². The maximum Gasteiger partial charge on any atom is 0.293 e. The van der Waals surface area contributed by atoms with Gasteiger partial charge in [0.1, 0.15) is 28.7 Å². The molecule has 17 nitrogen and oxygen atoms in total. The number of nitrogens with one attached hydrogen (secondary N) is 3. The van der Waals surface area contributed by atoms with E-state index in [2.05, 4.69) is 98.8 Å². The van der Waals surface area contributed by atoms with E-state index < -0.39 is 42.9 Å². The van der Waals surface area contributed by atoms with Crippen molar-refractivity contribution in [3.8, 4) is 23.0 Å². The van der Waals surface area contributed by atoms with Crippen LogP contribution in [0.2, 0.25) is 0 Å². The van der Waals surface area contributed by atoms with Crippen LogP contribution in [0.5, 0.6) is 23.0 Å². The molecule has 4 N–H and O–H groups in total. The van der Waals surface area contributed by atoms with E-state index in [9.17, 15) is 32.8 Å². The summed E-state index contributed by atoms with van der Waals surface area (Å²) in [6.45, 7) is 16.9. The quantitative estimate of drug-likeness (QED) is 0.0526. The average molecular weight is 1090 g/mol. The molecule has 1 amide bonds. The minimum atomic E-state index is -4.65. The standard InChI is InChI=1S/C59H69FN8O9S/c1-36(2)43-9-7-8-10-44(43)51-32-65(31-38-21-47-54(53(22-38)75-6)76-35-57(47,3)4)19-20-67(51)40-26-59(27-40)33-66(34-59)39-11-13-45(52(23-39)77-41-24-46-48(60)30-63-55(46)62-29-41)56(69)64-78(73,74)42-12-14-49(50(25-42)68(71)72)61-28-37-15-17-58(5,70)18-16-37/h7-14,21-25,29-30,36-37,40,51,61,70H,15-20,26-28,31-35H2,1-6H3,(H,62,63)(H,64,69)/t37-,51-,58-/m0/s1. The number of carbonyl (C=O) groups is 1. The smallest absolute Gasteiger partial charge is 0.293 e. The number of pyridine rings is 1. The lowest BCUT2D eigenvalue weighted by Gasteiger charge is -2.63. The Morgan fingerprint density at radius 1 is 1.01 bits per heavy atom. The number of carbonyl (C=O) groups excluding carboxylic acids is 1. The molecular formula is C59H69FN8O9S. The van der Waals surface area contributed by atoms with E-state index >= 15 is 0 Å². The van der Waals surface area contributed by atoms with Gasteiger partial charge in [0.25, 0.3) is 21.6 Å². The molecule has 11 rings (SSSR count). The fraction of sp³-hybridized carbons (Fsp3) is 0.458. The number of amides is 1. The van der Waals surface area contributed by atoms with Crippen LogP contribution in [-0.4, -0.2) is 109 Å². The summed E-state index contributed by atoms with van der Waals surface area (Å²) in [6, 6.07) is 23.8. The lowest BCUT2D eigenvalue weighted by atomic mass is 9.59. The van der Waals surface area contributed by atoms with Crippen LogP contribution in [-0.2, 0) is 22.0 Å². The fourth-order valence-corrected chi connectivity index (χ4v) is 13.6. The van der Waals surface area contributed by atoms with Crippen LogP contribution in [0.25, 0.3) is 11.0 Å². The summed E-state index contributed by atoms with van der Waals surface area (Å²) in [5, 5.41) is 25.9. The van der Waals surface area contributed by atoms with Gasteiger partial charge in [-0.1, -0.05) is 52.0 Å². The zero-order chi connectivity index (χ0) is 54.9. The largest absolute Gasteiger partial charge is 0.493 e. The first-order valence-electron chi connectivity index (χ1n) is 27.1. The van der Waals surface area contributed by atoms with E-state index in [1.807, 2.05) is 0 Å². The number of aliphatic hydroxyl groups is 1. The first-order chi connectivity index (χ1) is 37.2. The van der Waals surface area contributed by atoms with Crippen molar-refractivity contribution in [2.24, 2.45) is 11.3 Å². The van der Waals surface area contributed by atoms with Gasteiger partial charge in [-0.15, -0.1) is 0 Å². The third kappa shape index (κ3) is 10.5. The molecule has 3 aliphatic heterocycles. The predicted molar refractivity (Wildman–Crippen MR) is 296 cm³/mol. The maximum absolute atomic E-state index is 14.8. The molecule has 1 spiro atoms. The van der Waals surface area contributed by atoms with Crippen molar-refractivity contribution < 1.29 is 41.8 Å². The second kappa shape index (κ2) is 20.5. The Morgan fingerprint density at radius 2 is 1.78 bits per heavy atom. The molecule has 412 valence electrons. The second-order valence-electron chi connectivity index (χ2n) is 23.7. The number of nitro benzene ring substituents is 1. The van der Waals surface area contributed by atoms with Crippen molar-refractivity contribution in [3.05, 3.63) is 135 Å². The minimum Gasteiger partial charge on any atom is -0.493 e. The molecule has 0 radical (unpaired) electrons. The number of H-pyrrole nitrogens is 1. The highest BCUT2D eigenvalue weighted by molar-refractivity contribution is 7.90. The Balaban J connectivity index is 0.798. The van der Waals surface area contributed by atoms with E-state index in [0.717, 1.165) is 88.2 Å². The monoisotopic (exact) mass is 1080 g/mol. The van der Waals surface area contributed by atoms with E-state index in [1.165, 1.54) is 58.9 Å². The van der Waals surface area contributed by atoms with Gasteiger partial charge in [-0.3, -0.25) is 24.7 Å². The molecule has 4 fully saturated rings. The highest BCUT2D eigenvalue weighted by atomic mass is 32.2. The van der Waals surface area contributed by atoms with Crippen LogP contribution in [0.3, 0.4) is 0 Å². The van der Waals surface area contributed by atoms with Gasteiger partial charge in [0.2, 0.25) is 0 Å². The van der Waals surface area contributed by atoms with Gasteiger partial charge in [0.05, 0.1) is 46.3 Å². The van der Waals surface area contributed by atoms with Gasteiger partial charge in [-0.2, -0.15) is 0 Å². The van der Waals surface area contributed by atoms with E-state index in [-0.39, 0.29) is 50.9 Å². The lowest BCUT2D eigenvalue weighted by Crippen LogP contribution is -2.68. The van der Waals surface area contributed by atoms with Crippen LogP contribution in [0.4, 0.5) is 21.5 Å². The van der Waals surface area contributed by atoms with Crippen LogP contribution in [0.1, 0.15) is 118 Å². The molecule has 0 bridgehead atoms. The van der Waals surface area contributed by atoms with Gasteiger partial charge >= 0.3 is 0 Å². The molecular weight excluding hydrogens is 1020 g/mol. The van der Waals surface area contributed by atoms with Crippen LogP contribution >= 0.6 is 0 Å². The molecule has 4 aromatic carbocycles. The van der Waals surface area contributed by atoms with Crippen LogP contribution in [0, 0.1) is 27.3 Å². The maximum atomic E-state index is 14.8. The Morgan fingerprint density at radius 3 is 2.53 bits per heavy atom. The van der Waals surface area contributed by atoms with Gasteiger partial charge < -0.3 is 34.5 Å². The van der Waals surface area contributed by atoms with Crippen molar-refractivity contribution in [1.82, 2.24) is 24.5 Å². The Hall–Kier alpha value is -6.80. The molecule has 78 heavy (non-hydrogen) atoms. The predicted octanol–water partition coefficient (Wildman–Crippen LogP) is 10.2. The second-order valence-corrected chi connectivity index (χ2v) is 25.4. The first kappa shape index (κ1) is 53.2. The number of rotatable bonds is 16. The van der Waals surface area contributed by atoms with Gasteiger partial charge in [-0.25, -0.2) is 22.5 Å². The number of fused-ring (bicyclic) bond motifs is 2. The Kier molecular flexibility index (Phi) is 14.0. The van der Waals surface area contributed by atoms with Crippen LogP contribution < -0.4 is 29.1 Å². The molecule has 1 atom stereocenters. The SMILES string of the molecule is COc1cc(CN2CCN(C3CC4(C3)CN(c3ccc(C(=O)NS(=O)(=O)c5ccc(NC[C@H]6CC[C@](C)(O)CC6)c([N+](=O)[O-])c5)c(Oc5cnc6[nH]cc(F)c6c5)c3)C4)[C@H](c3ccccc3C(C)C)C2)cc2c1OCC2(C)C. The molecule has 5 heterocycles. The zero-order valence-corrected chi connectivity index (χ0v) is 45.9. The first-order valence-corrected chi connectivity index (χ1v) is 28.6. The van der Waals surface area contributed by atoms with E-state index in [4.69, 9.17) is 14.2 Å². The number of nitrogens with zero attached hydrogens (tertiary/aromatic N) is 5. The number of anilines is 2. The molecule has 2 aromatic heterocycles. The molecule has 5 aliphatic rings. The molecule has 2 saturated heterocycles. The summed E-state index contributed by atoms with van der Waals surface area (Å²) in [5.41, 5.74) is 5.01. The summed E-state index contributed by atoms with van der Waals surface area (Å²) in [4.78, 5) is 39.8. The summed E-state index contributed by atoms with van der Waals surface area (Å²) < 4.78 is 62.8. The van der Waals surface area contributed by atoms with Crippen molar-refractivity contribution in [2.45, 2.75) is 114 Å². The van der Waals surface area contributed by atoms with Gasteiger partial charge in [0, 0.05) is 98.3 Å². The number of nitro groups is 1. The van der Waals surface area contributed by atoms with Crippen molar-refractivity contribution in [1.29, 1.82) is 0 Å². The number of ether oxygens (including phenoxy) is 3. The molecule has 6 aromatic rings. The van der Waals surface area contributed by atoms with Crippen LogP contribution in [0.15, 0.2) is 96.2 Å². The van der Waals surface area contributed by atoms with Gasteiger partial charge in [-0.05, 0) is 116 Å². The van der Waals surface area contributed by atoms with Crippen molar-refractivity contribution in [2.75, 3.05) is 63.2 Å². The number of halogens is 1. The highest BCUT2D eigenvalue weighted by Crippen LogP contribution is 2.54. The number of aromatic nitrogens is 2. The third-order valence-electron chi connectivity index (χ3n) is 17.1. The summed E-state index contributed by atoms with van der Waals surface area (Å²) >= 11 is 0. The lowest BCUT2D eigenvalue weighted by molar-refractivity contribution is -0.384. The molecule has 19 heteroatoms. The molecule has 2 saturated carbocycles. The third-order valence-corrected chi connectivity index (χ3v) is 18.4. The number of sulfonamides is 1. The molecule has 2 aliphatic carbocycles. The summed E-state index contributed by atoms with van der Waals surface area (Å²) in [6.07, 6.45) is 7.33. The Bertz CT molecular complexity index is 3400. The fourth-order valence-electron chi connectivity index (χ4n) is 12.7. The zero-order valence-electron chi connectivity index (χ0n) is 45.1. The molecule has 0 unspecified atom stereocenters. The Labute approximate surface area is 454 Å². The number of aromatic amines is 1.